The normalized spacial score (nSPS) is 9.94. The lowest BCUT2D eigenvalue weighted by Crippen LogP contribution is -2.04. The first kappa shape index (κ1) is 14.4. The first-order valence-corrected chi connectivity index (χ1v) is 6.13. The Morgan fingerprint density at radius 3 is 2.72 bits per heavy atom. The Labute approximate surface area is 108 Å². The molecule has 0 unspecified atom stereocenters. The monoisotopic (exact) mass is 253 g/mol. The molecule has 0 aliphatic heterocycles. The Hall–Kier alpha value is -1.71. The number of benzene rings is 1. The Kier molecular flexibility index (Phi) is 6.05. The smallest absolute Gasteiger partial charge is 0.305 e. The zero-order valence-electron chi connectivity index (χ0n) is 11.2. The van der Waals surface area contributed by atoms with Gasteiger partial charge < -0.3 is 14.2 Å². The standard InChI is InChI=1S/C14H20O4/c1-4-18-14(15)7-5-6-11-8-12(16-2)10-13(9-11)17-3/h8-10H,4-7H2,1-3H3/p+1. The molecule has 0 heterocycles. The fourth-order valence-electron chi connectivity index (χ4n) is 1.70. The Morgan fingerprint density at radius 1 is 1.33 bits per heavy atom. The van der Waals surface area contributed by atoms with Crippen molar-refractivity contribution in [1.29, 1.82) is 0 Å². The van der Waals surface area contributed by atoms with E-state index in [9.17, 15) is 4.79 Å². The summed E-state index contributed by atoms with van der Waals surface area (Å²) < 4.78 is 14.2. The summed E-state index contributed by atoms with van der Waals surface area (Å²) in [6.07, 6.45) is 2.04. The van der Waals surface area contributed by atoms with Crippen LogP contribution in [0.1, 0.15) is 25.3 Å². The third-order valence-corrected chi connectivity index (χ3v) is 2.60. The maximum atomic E-state index is 11.2. The van der Waals surface area contributed by atoms with Crippen molar-refractivity contribution in [1.82, 2.24) is 0 Å². The molecule has 0 bridgehead atoms. The summed E-state index contributed by atoms with van der Waals surface area (Å²) in [4.78, 5) is 11.2. The minimum absolute atomic E-state index is 0.138. The van der Waals surface area contributed by atoms with Crippen LogP contribution in [0.25, 0.3) is 0 Å². The van der Waals surface area contributed by atoms with E-state index in [0.29, 0.717) is 13.0 Å². The van der Waals surface area contributed by atoms with Gasteiger partial charge in [-0.2, -0.15) is 0 Å². The summed E-state index contributed by atoms with van der Waals surface area (Å²) in [5.41, 5.74) is 1.12. The third-order valence-electron chi connectivity index (χ3n) is 2.60. The van der Waals surface area contributed by atoms with Crippen LogP contribution in [-0.4, -0.2) is 31.5 Å². The number of hydrogen-bond acceptors (Lipinski definition) is 3. The first-order chi connectivity index (χ1) is 8.69. The molecule has 4 heteroatoms. The van der Waals surface area contributed by atoms with E-state index >= 15 is 0 Å². The van der Waals surface area contributed by atoms with Crippen LogP contribution in [0.3, 0.4) is 0 Å². The number of ether oxygens (including phenoxy) is 3. The van der Waals surface area contributed by atoms with Crippen LogP contribution < -0.4 is 4.74 Å². The molecule has 18 heavy (non-hydrogen) atoms. The molecule has 0 saturated heterocycles. The highest BCUT2D eigenvalue weighted by atomic mass is 16.5. The SMILES string of the molecule is CCOC(=O)CCCc1cc(OC)cc([OH+]C)c1. The van der Waals surface area contributed by atoms with E-state index in [1.54, 1.807) is 14.2 Å². The fraction of sp³-hybridized carbons (Fsp3) is 0.500. The molecule has 0 amide bonds. The van der Waals surface area contributed by atoms with Gasteiger partial charge in [0.05, 0.1) is 19.8 Å². The molecule has 0 spiro atoms. The summed E-state index contributed by atoms with van der Waals surface area (Å²) in [5.74, 6) is 1.55. The minimum atomic E-state index is -0.138. The highest BCUT2D eigenvalue weighted by Crippen LogP contribution is 2.24. The number of carbonyl (C=O) groups excluding carboxylic acids is 1. The number of aromatic hydroxyl groups is 1. The maximum absolute atomic E-state index is 11.2. The molecule has 0 atom stereocenters. The van der Waals surface area contributed by atoms with Gasteiger partial charge in [0.1, 0.15) is 5.75 Å². The van der Waals surface area contributed by atoms with E-state index in [-0.39, 0.29) is 5.97 Å². The molecule has 1 N–H and O–H groups in total. The van der Waals surface area contributed by atoms with Gasteiger partial charge in [-0.25, -0.2) is 0 Å². The molecule has 4 nitrogen and oxygen atoms in total. The molecule has 1 rings (SSSR count). The quantitative estimate of drug-likeness (QED) is 0.554. The summed E-state index contributed by atoms with van der Waals surface area (Å²) in [6, 6.07) is 5.86. The van der Waals surface area contributed by atoms with Gasteiger partial charge >= 0.3 is 5.97 Å². The number of carbonyl (C=O) groups is 1. The van der Waals surface area contributed by atoms with Crippen LogP contribution in [0.2, 0.25) is 0 Å². The van der Waals surface area contributed by atoms with Crippen molar-refractivity contribution >= 4 is 5.97 Å². The van der Waals surface area contributed by atoms with E-state index in [1.807, 2.05) is 25.1 Å². The van der Waals surface area contributed by atoms with Crippen molar-refractivity contribution in [3.05, 3.63) is 23.8 Å². The second-order valence-corrected chi connectivity index (χ2v) is 3.92. The fourth-order valence-corrected chi connectivity index (χ4v) is 1.70. The van der Waals surface area contributed by atoms with E-state index < -0.39 is 0 Å². The lowest BCUT2D eigenvalue weighted by atomic mass is 10.1. The molecule has 1 aromatic carbocycles. The summed E-state index contributed by atoms with van der Waals surface area (Å²) in [6.45, 7) is 2.26. The van der Waals surface area contributed by atoms with E-state index in [0.717, 1.165) is 29.9 Å². The van der Waals surface area contributed by atoms with Crippen molar-refractivity contribution in [3.63, 3.8) is 0 Å². The van der Waals surface area contributed by atoms with Gasteiger partial charge in [0.2, 0.25) is 0 Å². The lowest BCUT2D eigenvalue weighted by molar-refractivity contribution is -0.143. The van der Waals surface area contributed by atoms with Crippen LogP contribution in [0, 0.1) is 0 Å². The number of aryl methyl sites for hydroxylation is 1. The summed E-state index contributed by atoms with van der Waals surface area (Å²) in [7, 11) is 3.38. The molecule has 0 aliphatic carbocycles. The largest absolute Gasteiger partial charge is 0.585 e. The lowest BCUT2D eigenvalue weighted by Gasteiger charge is -2.06. The Balaban J connectivity index is 2.53. The highest BCUT2D eigenvalue weighted by Gasteiger charge is 2.06. The van der Waals surface area contributed by atoms with Crippen molar-refractivity contribution in [2.75, 3.05) is 20.8 Å². The zero-order chi connectivity index (χ0) is 13.4. The van der Waals surface area contributed by atoms with Crippen LogP contribution in [0.15, 0.2) is 18.2 Å². The van der Waals surface area contributed by atoms with Crippen molar-refractivity contribution in [3.8, 4) is 11.5 Å². The molecular weight excluding hydrogens is 232 g/mol. The average Bonchev–Trinajstić information content (AvgIpc) is 2.38. The second kappa shape index (κ2) is 7.58. The number of esters is 1. The minimum Gasteiger partial charge on any atom is -0.585 e. The third kappa shape index (κ3) is 4.65. The Bertz CT molecular complexity index is 365. The van der Waals surface area contributed by atoms with Crippen molar-refractivity contribution < 1.29 is 19.0 Å². The molecule has 1 aromatic rings. The van der Waals surface area contributed by atoms with Gasteiger partial charge in [0.25, 0.3) is 5.75 Å². The van der Waals surface area contributed by atoms with E-state index in [4.69, 9.17) is 9.47 Å². The molecule has 0 aliphatic rings. The van der Waals surface area contributed by atoms with Gasteiger partial charge in [-0.1, -0.05) is 0 Å². The molecule has 100 valence electrons. The average molecular weight is 253 g/mol. The number of methoxy groups -OCH3 is 1. The molecule has 0 radical (unpaired) electrons. The molecular formula is C14H21O4+. The van der Waals surface area contributed by atoms with Gasteiger partial charge in [-0.05, 0) is 31.4 Å². The van der Waals surface area contributed by atoms with Gasteiger partial charge in [0, 0.05) is 12.5 Å². The maximum Gasteiger partial charge on any atom is 0.305 e. The van der Waals surface area contributed by atoms with Gasteiger partial charge in [-0.3, -0.25) is 4.79 Å². The zero-order valence-corrected chi connectivity index (χ0v) is 11.2. The van der Waals surface area contributed by atoms with Crippen LogP contribution in [0.5, 0.6) is 11.5 Å². The predicted octanol–water partition coefficient (Wildman–Crippen LogP) is 2.45. The van der Waals surface area contributed by atoms with Crippen molar-refractivity contribution in [2.24, 2.45) is 0 Å². The molecule has 0 aromatic heterocycles. The second-order valence-electron chi connectivity index (χ2n) is 3.92. The highest BCUT2D eigenvalue weighted by molar-refractivity contribution is 5.69. The van der Waals surface area contributed by atoms with Crippen LogP contribution >= 0.6 is 0 Å². The van der Waals surface area contributed by atoms with Crippen LogP contribution in [0.4, 0.5) is 0 Å². The summed E-state index contributed by atoms with van der Waals surface area (Å²) in [5, 5.41) is 0. The van der Waals surface area contributed by atoms with Gasteiger partial charge in [-0.15, -0.1) is 0 Å². The Morgan fingerprint density at radius 2 is 2.11 bits per heavy atom. The van der Waals surface area contributed by atoms with Crippen molar-refractivity contribution in [2.45, 2.75) is 26.2 Å². The number of aliphatic hydroxyl groups is 1. The first-order valence-electron chi connectivity index (χ1n) is 6.13. The molecule has 0 saturated carbocycles. The topological polar surface area (TPSA) is 48.3 Å². The van der Waals surface area contributed by atoms with E-state index in [1.165, 1.54) is 0 Å². The number of hydrogen-bond donors (Lipinski definition) is 0. The van der Waals surface area contributed by atoms with Gasteiger partial charge in [0.15, 0.2) is 7.11 Å². The summed E-state index contributed by atoms with van der Waals surface area (Å²) >= 11 is 0. The predicted molar refractivity (Wildman–Crippen MR) is 70.2 cm³/mol. The van der Waals surface area contributed by atoms with Crippen LogP contribution in [-0.2, 0) is 16.0 Å². The number of rotatable bonds is 7. The molecule has 0 fully saturated rings. The van der Waals surface area contributed by atoms with E-state index in [2.05, 4.69) is 4.74 Å².